The number of aromatic carboxylic acids is 1. The molecule has 5 heteroatoms. The fraction of sp³-hybridized carbons (Fsp3) is 0.0588. The molecule has 2 heterocycles. The van der Waals surface area contributed by atoms with E-state index in [2.05, 4.69) is 6.07 Å². The summed E-state index contributed by atoms with van der Waals surface area (Å²) in [5.74, 6) is -0.952. The van der Waals surface area contributed by atoms with Gasteiger partial charge in [0.25, 0.3) is 0 Å². The lowest BCUT2D eigenvalue weighted by molar-refractivity contribution is 0.0697. The first-order chi connectivity index (χ1) is 10.6. The molecule has 0 aliphatic heterocycles. The number of benzene rings is 1. The summed E-state index contributed by atoms with van der Waals surface area (Å²) in [6, 6.07) is 10.8. The van der Waals surface area contributed by atoms with Crippen molar-refractivity contribution in [1.82, 2.24) is 4.57 Å². The molecule has 0 bridgehead atoms. The van der Waals surface area contributed by atoms with Gasteiger partial charge in [-0.15, -0.1) is 11.3 Å². The van der Waals surface area contributed by atoms with E-state index < -0.39 is 5.97 Å². The van der Waals surface area contributed by atoms with Crippen molar-refractivity contribution < 1.29 is 9.90 Å². The zero-order valence-corrected chi connectivity index (χ0v) is 12.6. The van der Waals surface area contributed by atoms with Crippen LogP contribution in [0.1, 0.15) is 21.5 Å². The van der Waals surface area contributed by atoms with E-state index in [0.717, 1.165) is 21.7 Å². The number of nitriles is 1. The molecule has 0 unspecified atom stereocenters. The Labute approximate surface area is 131 Å². The summed E-state index contributed by atoms with van der Waals surface area (Å²) in [5, 5.41) is 20.3. The molecule has 0 radical (unpaired) electrons. The number of hydrogen-bond donors (Lipinski definition) is 1. The lowest BCUT2D eigenvalue weighted by atomic mass is 10.1. The van der Waals surface area contributed by atoms with Gasteiger partial charge in [0, 0.05) is 28.5 Å². The second kappa shape index (κ2) is 5.51. The van der Waals surface area contributed by atoms with Crippen molar-refractivity contribution in [3.05, 3.63) is 64.8 Å². The van der Waals surface area contributed by atoms with Crippen LogP contribution in [-0.4, -0.2) is 15.6 Å². The number of thiophene rings is 1. The molecule has 2 aromatic heterocycles. The van der Waals surface area contributed by atoms with E-state index in [1.165, 1.54) is 0 Å². The summed E-state index contributed by atoms with van der Waals surface area (Å²) in [6.45, 7) is 2.02. The summed E-state index contributed by atoms with van der Waals surface area (Å²) in [4.78, 5) is 12.0. The van der Waals surface area contributed by atoms with Gasteiger partial charge >= 0.3 is 5.97 Å². The Hall–Kier alpha value is -2.84. The van der Waals surface area contributed by atoms with Gasteiger partial charge in [-0.25, -0.2) is 4.79 Å². The van der Waals surface area contributed by atoms with E-state index in [-0.39, 0.29) is 5.56 Å². The maximum Gasteiger partial charge on any atom is 0.335 e. The molecule has 0 aliphatic carbocycles. The van der Waals surface area contributed by atoms with Gasteiger partial charge in [0.1, 0.15) is 6.07 Å². The fourth-order valence-corrected chi connectivity index (χ4v) is 3.25. The molecule has 0 fully saturated rings. The largest absolute Gasteiger partial charge is 0.478 e. The van der Waals surface area contributed by atoms with Crippen LogP contribution in [0.3, 0.4) is 0 Å². The van der Waals surface area contributed by atoms with Gasteiger partial charge in [-0.2, -0.15) is 5.26 Å². The predicted octanol–water partition coefficient (Wildman–Crippen LogP) is 4.08. The molecule has 108 valence electrons. The number of nitrogens with zero attached hydrogens (tertiary/aromatic N) is 2. The number of carboxylic acids is 1. The monoisotopic (exact) mass is 308 g/mol. The molecule has 1 N–H and O–H groups in total. The highest BCUT2D eigenvalue weighted by Crippen LogP contribution is 2.33. The normalized spacial score (nSPS) is 10.4. The Morgan fingerprint density at radius 2 is 1.95 bits per heavy atom. The van der Waals surface area contributed by atoms with Crippen LogP contribution in [0.5, 0.6) is 0 Å². The van der Waals surface area contributed by atoms with Crippen LogP contribution in [-0.2, 0) is 0 Å². The first kappa shape index (κ1) is 14.1. The summed E-state index contributed by atoms with van der Waals surface area (Å²) < 4.78 is 1.85. The van der Waals surface area contributed by atoms with Gasteiger partial charge in [-0.3, -0.25) is 0 Å². The number of aromatic nitrogens is 1. The lowest BCUT2D eigenvalue weighted by Gasteiger charge is -2.03. The zero-order chi connectivity index (χ0) is 15.7. The predicted molar refractivity (Wildman–Crippen MR) is 85.5 cm³/mol. The second-order valence-corrected chi connectivity index (χ2v) is 5.81. The van der Waals surface area contributed by atoms with Gasteiger partial charge in [0.05, 0.1) is 11.1 Å². The number of rotatable bonds is 3. The molecule has 0 saturated heterocycles. The number of carbonyl (C=O) groups is 1. The van der Waals surface area contributed by atoms with Crippen LogP contribution in [0, 0.1) is 18.3 Å². The van der Waals surface area contributed by atoms with Crippen molar-refractivity contribution in [2.24, 2.45) is 0 Å². The first-order valence-electron chi connectivity index (χ1n) is 6.60. The quantitative estimate of drug-likeness (QED) is 0.792. The summed E-state index contributed by atoms with van der Waals surface area (Å²) in [7, 11) is 0. The van der Waals surface area contributed by atoms with E-state index in [9.17, 15) is 10.1 Å². The van der Waals surface area contributed by atoms with Crippen LogP contribution in [0.4, 0.5) is 0 Å². The Bertz CT molecular complexity index is 882. The van der Waals surface area contributed by atoms with E-state index in [1.54, 1.807) is 41.8 Å². The minimum absolute atomic E-state index is 0.241. The highest BCUT2D eigenvalue weighted by atomic mass is 32.1. The fourth-order valence-electron chi connectivity index (χ4n) is 2.30. The Balaban J connectivity index is 2.06. The van der Waals surface area contributed by atoms with Crippen molar-refractivity contribution in [1.29, 1.82) is 5.26 Å². The van der Waals surface area contributed by atoms with Crippen molar-refractivity contribution in [3.8, 4) is 22.2 Å². The zero-order valence-electron chi connectivity index (χ0n) is 11.8. The molecule has 0 atom stereocenters. The van der Waals surface area contributed by atoms with E-state index in [0.29, 0.717) is 5.56 Å². The van der Waals surface area contributed by atoms with E-state index in [4.69, 9.17) is 5.11 Å². The van der Waals surface area contributed by atoms with Crippen molar-refractivity contribution in [2.75, 3.05) is 0 Å². The van der Waals surface area contributed by atoms with Crippen molar-refractivity contribution >= 4 is 17.3 Å². The SMILES string of the molecule is Cc1ccsc1-c1cn(-c2ccc(C(=O)O)cc2)cc1C#N. The molecular weight excluding hydrogens is 296 g/mol. The van der Waals surface area contributed by atoms with Gasteiger partial charge < -0.3 is 9.67 Å². The van der Waals surface area contributed by atoms with Crippen LogP contribution in [0.15, 0.2) is 48.1 Å². The standard InChI is InChI=1S/C17H12N2O2S/c1-11-6-7-22-16(11)15-10-19(9-13(15)8-18)14-4-2-12(3-5-14)17(20)21/h2-7,9-10H,1H3,(H,20,21). The van der Waals surface area contributed by atoms with Crippen LogP contribution < -0.4 is 0 Å². The maximum atomic E-state index is 10.9. The third kappa shape index (κ3) is 2.41. The maximum absolute atomic E-state index is 10.9. The van der Waals surface area contributed by atoms with Crippen LogP contribution in [0.25, 0.3) is 16.1 Å². The summed E-state index contributed by atoms with van der Waals surface area (Å²) in [6.07, 6.45) is 3.68. The minimum Gasteiger partial charge on any atom is -0.478 e. The molecule has 4 nitrogen and oxygen atoms in total. The highest BCUT2D eigenvalue weighted by Gasteiger charge is 2.13. The average molecular weight is 308 g/mol. The lowest BCUT2D eigenvalue weighted by Crippen LogP contribution is -1.97. The third-order valence-electron chi connectivity index (χ3n) is 3.47. The Kier molecular flexibility index (Phi) is 3.53. The second-order valence-electron chi connectivity index (χ2n) is 4.89. The molecule has 3 aromatic rings. The van der Waals surface area contributed by atoms with Gasteiger partial charge in [-0.05, 0) is 48.2 Å². The molecule has 22 heavy (non-hydrogen) atoms. The molecule has 0 amide bonds. The molecule has 0 saturated carbocycles. The minimum atomic E-state index is -0.952. The molecule has 3 rings (SSSR count). The molecule has 0 spiro atoms. The summed E-state index contributed by atoms with van der Waals surface area (Å²) in [5.41, 5.74) is 3.71. The topological polar surface area (TPSA) is 66.0 Å². The average Bonchev–Trinajstić information content (AvgIpc) is 3.12. The van der Waals surface area contributed by atoms with E-state index in [1.807, 2.05) is 29.1 Å². The van der Waals surface area contributed by atoms with Crippen LogP contribution in [0.2, 0.25) is 0 Å². The highest BCUT2D eigenvalue weighted by molar-refractivity contribution is 7.13. The van der Waals surface area contributed by atoms with Gasteiger partial charge in [0.2, 0.25) is 0 Å². The smallest absolute Gasteiger partial charge is 0.335 e. The number of aryl methyl sites for hydroxylation is 1. The molecule has 1 aromatic carbocycles. The van der Waals surface area contributed by atoms with Gasteiger partial charge in [-0.1, -0.05) is 0 Å². The van der Waals surface area contributed by atoms with E-state index >= 15 is 0 Å². The van der Waals surface area contributed by atoms with Crippen LogP contribution >= 0.6 is 11.3 Å². The Morgan fingerprint density at radius 1 is 1.23 bits per heavy atom. The summed E-state index contributed by atoms with van der Waals surface area (Å²) >= 11 is 1.60. The van der Waals surface area contributed by atoms with Crippen molar-refractivity contribution in [2.45, 2.75) is 6.92 Å². The van der Waals surface area contributed by atoms with Crippen molar-refractivity contribution in [3.63, 3.8) is 0 Å². The first-order valence-corrected chi connectivity index (χ1v) is 7.48. The molecular formula is C17H12N2O2S. The van der Waals surface area contributed by atoms with Gasteiger partial charge in [0.15, 0.2) is 0 Å². The molecule has 0 aliphatic rings. The number of hydrogen-bond acceptors (Lipinski definition) is 3. The third-order valence-corrected chi connectivity index (χ3v) is 4.52. The number of carboxylic acid groups (broad SMARTS) is 1. The Morgan fingerprint density at radius 3 is 2.50 bits per heavy atom.